The normalized spacial score (nSPS) is 9.71. The van der Waals surface area contributed by atoms with E-state index in [1.165, 1.54) is 13.2 Å². The van der Waals surface area contributed by atoms with Crippen molar-refractivity contribution in [2.45, 2.75) is 0 Å². The molecule has 0 atom stereocenters. The van der Waals surface area contributed by atoms with Crippen LogP contribution in [0.3, 0.4) is 0 Å². The largest absolute Gasteiger partial charge is 0.495 e. The monoisotopic (exact) mass is 228 g/mol. The minimum atomic E-state index is -0.397. The van der Waals surface area contributed by atoms with Crippen molar-refractivity contribution in [3.63, 3.8) is 0 Å². The minimum absolute atomic E-state index is 0.397. The molecule has 2 rings (SSSR count). The summed E-state index contributed by atoms with van der Waals surface area (Å²) in [4.78, 5) is 3.78. The summed E-state index contributed by atoms with van der Waals surface area (Å²) in [6.45, 7) is 0. The number of ether oxygens (including phenoxy) is 1. The smallest absolute Gasteiger partial charge is 0.142 e. The highest BCUT2D eigenvalue weighted by Crippen LogP contribution is 2.26. The molecule has 0 radical (unpaired) electrons. The predicted molar refractivity (Wildman–Crippen MR) is 60.9 cm³/mol. The van der Waals surface area contributed by atoms with E-state index in [9.17, 15) is 4.39 Å². The van der Waals surface area contributed by atoms with Gasteiger partial charge in [-0.05, 0) is 23.8 Å². The van der Waals surface area contributed by atoms with E-state index in [2.05, 4.69) is 4.98 Å². The summed E-state index contributed by atoms with van der Waals surface area (Å²) in [7, 11) is 1.49. The molecule has 1 aromatic heterocycles. The van der Waals surface area contributed by atoms with Gasteiger partial charge in [-0.1, -0.05) is 6.07 Å². The second-order valence-electron chi connectivity index (χ2n) is 3.42. The molecule has 17 heavy (non-hydrogen) atoms. The Bertz CT molecular complexity index is 590. The summed E-state index contributed by atoms with van der Waals surface area (Å²) >= 11 is 0. The summed E-state index contributed by atoms with van der Waals surface area (Å²) in [5, 5.41) is 8.85. The third-order valence-corrected chi connectivity index (χ3v) is 2.36. The van der Waals surface area contributed by atoms with Crippen molar-refractivity contribution in [1.29, 1.82) is 5.26 Å². The highest BCUT2D eigenvalue weighted by molar-refractivity contribution is 5.66. The highest BCUT2D eigenvalue weighted by Gasteiger charge is 2.06. The topological polar surface area (TPSA) is 45.9 Å². The molecule has 0 N–H and O–H groups in total. The molecule has 1 heterocycles. The van der Waals surface area contributed by atoms with Crippen LogP contribution >= 0.6 is 0 Å². The Balaban J connectivity index is 2.51. The average molecular weight is 228 g/mol. The van der Waals surface area contributed by atoms with Crippen LogP contribution in [0.1, 0.15) is 5.56 Å². The molecule has 0 aliphatic carbocycles. The minimum Gasteiger partial charge on any atom is -0.495 e. The Morgan fingerprint density at radius 3 is 2.71 bits per heavy atom. The van der Waals surface area contributed by atoms with Crippen LogP contribution in [0.4, 0.5) is 4.39 Å². The quantitative estimate of drug-likeness (QED) is 0.793. The summed E-state index contributed by atoms with van der Waals surface area (Å²) in [5.41, 5.74) is 1.85. The van der Waals surface area contributed by atoms with Gasteiger partial charge < -0.3 is 4.74 Å². The van der Waals surface area contributed by atoms with E-state index in [4.69, 9.17) is 10.00 Å². The predicted octanol–water partition coefficient (Wildman–Crippen LogP) is 2.77. The second-order valence-corrected chi connectivity index (χ2v) is 3.42. The molecule has 0 amide bonds. The fourth-order valence-electron chi connectivity index (χ4n) is 1.53. The van der Waals surface area contributed by atoms with Crippen molar-refractivity contribution < 1.29 is 9.13 Å². The van der Waals surface area contributed by atoms with Crippen LogP contribution in [0.25, 0.3) is 11.1 Å². The number of rotatable bonds is 2. The van der Waals surface area contributed by atoms with Crippen LogP contribution in [-0.4, -0.2) is 12.1 Å². The van der Waals surface area contributed by atoms with Crippen LogP contribution in [0.2, 0.25) is 0 Å². The van der Waals surface area contributed by atoms with E-state index in [0.717, 1.165) is 11.8 Å². The van der Waals surface area contributed by atoms with E-state index >= 15 is 0 Å². The molecule has 84 valence electrons. The molecule has 0 saturated heterocycles. The van der Waals surface area contributed by atoms with Crippen molar-refractivity contribution in [2.24, 2.45) is 0 Å². The number of hydrogen-bond donors (Lipinski definition) is 0. The zero-order valence-electron chi connectivity index (χ0n) is 9.14. The van der Waals surface area contributed by atoms with Crippen molar-refractivity contribution in [3.05, 3.63) is 48.0 Å². The Morgan fingerprint density at radius 2 is 2.06 bits per heavy atom. The third kappa shape index (κ3) is 2.23. The summed E-state index contributed by atoms with van der Waals surface area (Å²) in [6, 6.07) is 8.47. The lowest BCUT2D eigenvalue weighted by molar-refractivity contribution is 0.413. The SMILES string of the molecule is COc1cc(-c2cncc(F)c2)ccc1C#N. The zero-order chi connectivity index (χ0) is 12.3. The van der Waals surface area contributed by atoms with Gasteiger partial charge in [0, 0.05) is 11.8 Å². The summed E-state index contributed by atoms with van der Waals surface area (Å²) in [6.07, 6.45) is 2.70. The number of hydrogen-bond acceptors (Lipinski definition) is 3. The number of nitrogens with zero attached hydrogens (tertiary/aromatic N) is 2. The molecule has 2 aromatic rings. The maximum Gasteiger partial charge on any atom is 0.142 e. The molecule has 0 fully saturated rings. The van der Waals surface area contributed by atoms with Gasteiger partial charge in [0.1, 0.15) is 17.6 Å². The fraction of sp³-hybridized carbons (Fsp3) is 0.0769. The molecular formula is C13H9FN2O. The maximum atomic E-state index is 13.0. The van der Waals surface area contributed by atoms with Gasteiger partial charge in [-0.15, -0.1) is 0 Å². The highest BCUT2D eigenvalue weighted by atomic mass is 19.1. The van der Waals surface area contributed by atoms with Gasteiger partial charge in [0.2, 0.25) is 0 Å². The maximum absolute atomic E-state index is 13.0. The summed E-state index contributed by atoms with van der Waals surface area (Å²) in [5.74, 6) is 0.0695. The van der Waals surface area contributed by atoms with Crippen molar-refractivity contribution in [3.8, 4) is 22.9 Å². The van der Waals surface area contributed by atoms with E-state index in [-0.39, 0.29) is 0 Å². The van der Waals surface area contributed by atoms with E-state index in [0.29, 0.717) is 16.9 Å². The second kappa shape index (κ2) is 4.62. The van der Waals surface area contributed by atoms with Crippen LogP contribution in [-0.2, 0) is 0 Å². The fourth-order valence-corrected chi connectivity index (χ4v) is 1.53. The van der Waals surface area contributed by atoms with E-state index in [1.54, 1.807) is 24.4 Å². The summed E-state index contributed by atoms with van der Waals surface area (Å²) < 4.78 is 18.1. The Hall–Kier alpha value is -2.41. The number of pyridine rings is 1. The van der Waals surface area contributed by atoms with E-state index in [1.807, 2.05) is 6.07 Å². The van der Waals surface area contributed by atoms with Gasteiger partial charge in [-0.25, -0.2) is 4.39 Å². The van der Waals surface area contributed by atoms with Gasteiger partial charge in [-0.3, -0.25) is 4.98 Å². The van der Waals surface area contributed by atoms with E-state index < -0.39 is 5.82 Å². The van der Waals surface area contributed by atoms with Gasteiger partial charge in [-0.2, -0.15) is 5.26 Å². The number of nitriles is 1. The molecule has 1 aromatic carbocycles. The molecular weight excluding hydrogens is 219 g/mol. The zero-order valence-corrected chi connectivity index (χ0v) is 9.14. The van der Waals surface area contributed by atoms with Crippen molar-refractivity contribution in [1.82, 2.24) is 4.98 Å². The van der Waals surface area contributed by atoms with Crippen LogP contribution < -0.4 is 4.74 Å². The lowest BCUT2D eigenvalue weighted by Crippen LogP contribution is -1.89. The molecule has 0 unspecified atom stereocenters. The van der Waals surface area contributed by atoms with Gasteiger partial charge >= 0.3 is 0 Å². The first-order valence-electron chi connectivity index (χ1n) is 4.93. The molecule has 0 bridgehead atoms. The average Bonchev–Trinajstić information content (AvgIpc) is 2.38. The molecule has 3 nitrogen and oxygen atoms in total. The molecule has 0 saturated carbocycles. The molecule has 0 aliphatic rings. The number of methoxy groups -OCH3 is 1. The molecule has 0 spiro atoms. The lowest BCUT2D eigenvalue weighted by atomic mass is 10.1. The number of aromatic nitrogens is 1. The van der Waals surface area contributed by atoms with Gasteiger partial charge in [0.15, 0.2) is 0 Å². The van der Waals surface area contributed by atoms with Gasteiger partial charge in [0.05, 0.1) is 18.9 Å². The Morgan fingerprint density at radius 1 is 1.24 bits per heavy atom. The van der Waals surface area contributed by atoms with Crippen LogP contribution in [0.5, 0.6) is 5.75 Å². The first-order chi connectivity index (χ1) is 8.24. The van der Waals surface area contributed by atoms with Crippen molar-refractivity contribution in [2.75, 3.05) is 7.11 Å². The lowest BCUT2D eigenvalue weighted by Gasteiger charge is -2.06. The molecule has 0 aliphatic heterocycles. The number of halogens is 1. The first-order valence-corrected chi connectivity index (χ1v) is 4.93. The van der Waals surface area contributed by atoms with Crippen molar-refractivity contribution >= 4 is 0 Å². The third-order valence-electron chi connectivity index (χ3n) is 2.36. The number of benzene rings is 1. The van der Waals surface area contributed by atoms with Crippen LogP contribution in [0.15, 0.2) is 36.7 Å². The van der Waals surface area contributed by atoms with Crippen LogP contribution in [0, 0.1) is 17.1 Å². The standard InChI is InChI=1S/C13H9FN2O/c1-17-13-5-9(2-3-10(13)6-15)11-4-12(14)8-16-7-11/h2-5,7-8H,1H3. The van der Waals surface area contributed by atoms with Gasteiger partial charge in [0.25, 0.3) is 0 Å². The Labute approximate surface area is 98.1 Å². The molecule has 4 heteroatoms. The first kappa shape index (κ1) is 11.1. The Kier molecular flexibility index (Phi) is 3.01.